The predicted octanol–water partition coefficient (Wildman–Crippen LogP) is 2.17. The molecule has 1 heterocycles. The minimum atomic E-state index is -0.573. The number of hydrogen-bond donors (Lipinski definition) is 2. The van der Waals surface area contributed by atoms with E-state index in [1.54, 1.807) is 6.20 Å². The van der Waals surface area contributed by atoms with Gasteiger partial charge < -0.3 is 15.7 Å². The molecular formula is C12H18BrN3O. The molecule has 0 atom stereocenters. The van der Waals surface area contributed by atoms with Gasteiger partial charge in [-0.2, -0.15) is 0 Å². The number of rotatable bonds is 3. The summed E-state index contributed by atoms with van der Waals surface area (Å²) >= 11 is 3.33. The van der Waals surface area contributed by atoms with E-state index >= 15 is 0 Å². The molecule has 0 spiro atoms. The lowest BCUT2D eigenvalue weighted by Gasteiger charge is -2.29. The Morgan fingerprint density at radius 3 is 2.76 bits per heavy atom. The summed E-state index contributed by atoms with van der Waals surface area (Å²) in [7, 11) is 1.92. The van der Waals surface area contributed by atoms with Crippen LogP contribution in [0.4, 0.5) is 11.5 Å². The van der Waals surface area contributed by atoms with Gasteiger partial charge in [0.2, 0.25) is 0 Å². The third kappa shape index (κ3) is 2.90. The molecule has 1 aromatic rings. The van der Waals surface area contributed by atoms with Crippen LogP contribution in [0.3, 0.4) is 0 Å². The molecule has 1 aromatic heterocycles. The first-order chi connectivity index (χ1) is 8.00. The highest BCUT2D eigenvalue weighted by Crippen LogP contribution is 2.32. The molecule has 1 aliphatic carbocycles. The maximum atomic E-state index is 10.3. The van der Waals surface area contributed by atoms with Crippen molar-refractivity contribution in [1.82, 2.24) is 4.98 Å². The van der Waals surface area contributed by atoms with Gasteiger partial charge in [-0.15, -0.1) is 0 Å². The van der Waals surface area contributed by atoms with Gasteiger partial charge in [-0.1, -0.05) is 12.8 Å². The Labute approximate surface area is 110 Å². The fourth-order valence-corrected chi connectivity index (χ4v) is 2.82. The average Bonchev–Trinajstić information content (AvgIpc) is 2.64. The first-order valence-corrected chi connectivity index (χ1v) is 6.64. The van der Waals surface area contributed by atoms with E-state index in [9.17, 15) is 5.11 Å². The van der Waals surface area contributed by atoms with Crippen molar-refractivity contribution in [2.45, 2.75) is 31.3 Å². The van der Waals surface area contributed by atoms with E-state index in [0.29, 0.717) is 12.2 Å². The second-order valence-corrected chi connectivity index (χ2v) is 5.77. The summed E-state index contributed by atoms with van der Waals surface area (Å²) in [5.41, 5.74) is 5.98. The van der Waals surface area contributed by atoms with Gasteiger partial charge in [-0.25, -0.2) is 4.98 Å². The van der Waals surface area contributed by atoms with Gasteiger partial charge >= 0.3 is 0 Å². The van der Waals surface area contributed by atoms with E-state index in [4.69, 9.17) is 5.73 Å². The Hall–Kier alpha value is -0.810. The third-order valence-corrected chi connectivity index (χ3v) is 3.72. The zero-order valence-corrected chi connectivity index (χ0v) is 11.6. The van der Waals surface area contributed by atoms with Crippen molar-refractivity contribution in [1.29, 1.82) is 0 Å². The highest BCUT2D eigenvalue weighted by molar-refractivity contribution is 9.10. The van der Waals surface area contributed by atoms with E-state index in [1.165, 1.54) is 0 Å². The number of aliphatic hydroxyl groups is 1. The van der Waals surface area contributed by atoms with Gasteiger partial charge in [0, 0.05) is 24.3 Å². The summed E-state index contributed by atoms with van der Waals surface area (Å²) in [6.45, 7) is 0.589. The van der Waals surface area contributed by atoms with Gasteiger partial charge in [0.1, 0.15) is 0 Å². The van der Waals surface area contributed by atoms with Gasteiger partial charge in [0.05, 0.1) is 11.3 Å². The molecule has 1 fully saturated rings. The monoisotopic (exact) mass is 299 g/mol. The van der Waals surface area contributed by atoms with Crippen LogP contribution < -0.4 is 10.6 Å². The molecule has 1 aliphatic rings. The van der Waals surface area contributed by atoms with Gasteiger partial charge in [-0.05, 0) is 34.8 Å². The number of hydrogen-bond acceptors (Lipinski definition) is 4. The molecule has 1 saturated carbocycles. The standard InChI is InChI=1S/C12H18BrN3O/c1-16(8-12(17)4-2-3-5-12)11-10(14)6-9(13)7-15-11/h6-7,17H,2-5,8,14H2,1H3. The molecule has 3 N–H and O–H groups in total. The van der Waals surface area contributed by atoms with Crippen LogP contribution >= 0.6 is 15.9 Å². The predicted molar refractivity (Wildman–Crippen MR) is 73.0 cm³/mol. The number of anilines is 2. The number of likely N-dealkylation sites (N-methyl/N-ethyl adjacent to an activating group) is 1. The molecule has 5 heteroatoms. The minimum Gasteiger partial charge on any atom is -0.396 e. The van der Waals surface area contributed by atoms with Crippen LogP contribution in [0.1, 0.15) is 25.7 Å². The zero-order valence-electron chi connectivity index (χ0n) is 9.99. The fourth-order valence-electron chi connectivity index (χ4n) is 2.47. The Kier molecular flexibility index (Phi) is 3.58. The highest BCUT2D eigenvalue weighted by atomic mass is 79.9. The van der Waals surface area contributed by atoms with Crippen molar-refractivity contribution in [2.24, 2.45) is 0 Å². The highest BCUT2D eigenvalue weighted by Gasteiger charge is 2.32. The molecule has 4 nitrogen and oxygen atoms in total. The van der Waals surface area contributed by atoms with Crippen LogP contribution in [0, 0.1) is 0 Å². The Balaban J connectivity index is 2.11. The van der Waals surface area contributed by atoms with Crippen molar-refractivity contribution in [3.63, 3.8) is 0 Å². The molecular weight excluding hydrogens is 282 g/mol. The minimum absolute atomic E-state index is 0.573. The lowest BCUT2D eigenvalue weighted by Crippen LogP contribution is -2.39. The molecule has 0 amide bonds. The topological polar surface area (TPSA) is 62.4 Å². The van der Waals surface area contributed by atoms with Gasteiger partial charge in [0.15, 0.2) is 5.82 Å². The molecule has 0 unspecified atom stereocenters. The first-order valence-electron chi connectivity index (χ1n) is 5.85. The van der Waals surface area contributed by atoms with Crippen molar-refractivity contribution >= 4 is 27.4 Å². The third-order valence-electron chi connectivity index (χ3n) is 3.29. The SMILES string of the molecule is CN(CC1(O)CCCC1)c1ncc(Br)cc1N. The number of halogens is 1. The molecule has 0 radical (unpaired) electrons. The molecule has 17 heavy (non-hydrogen) atoms. The molecule has 2 rings (SSSR count). The lowest BCUT2D eigenvalue weighted by molar-refractivity contribution is 0.0558. The summed E-state index contributed by atoms with van der Waals surface area (Å²) in [5.74, 6) is 0.730. The number of aromatic nitrogens is 1. The van der Waals surface area contributed by atoms with Crippen molar-refractivity contribution < 1.29 is 5.11 Å². The molecule has 94 valence electrons. The number of nitrogens with zero attached hydrogens (tertiary/aromatic N) is 2. The Bertz CT molecular complexity index is 405. The smallest absolute Gasteiger partial charge is 0.151 e. The van der Waals surface area contributed by atoms with Crippen molar-refractivity contribution in [3.05, 3.63) is 16.7 Å². The summed E-state index contributed by atoms with van der Waals surface area (Å²) in [6, 6.07) is 1.83. The molecule has 0 saturated heterocycles. The Morgan fingerprint density at radius 1 is 1.53 bits per heavy atom. The maximum Gasteiger partial charge on any atom is 0.151 e. The van der Waals surface area contributed by atoms with E-state index in [0.717, 1.165) is 36.0 Å². The van der Waals surface area contributed by atoms with E-state index < -0.39 is 5.60 Å². The first kappa shape index (κ1) is 12.6. The van der Waals surface area contributed by atoms with Crippen molar-refractivity contribution in [2.75, 3.05) is 24.2 Å². The fraction of sp³-hybridized carbons (Fsp3) is 0.583. The second-order valence-electron chi connectivity index (χ2n) is 4.85. The zero-order chi connectivity index (χ0) is 12.5. The molecule has 0 bridgehead atoms. The van der Waals surface area contributed by atoms with E-state index in [1.807, 2.05) is 18.0 Å². The number of nitrogens with two attached hydrogens (primary N) is 1. The summed E-state index contributed by atoms with van der Waals surface area (Å²) in [5, 5.41) is 10.3. The lowest BCUT2D eigenvalue weighted by atomic mass is 10.0. The molecule has 0 aliphatic heterocycles. The van der Waals surface area contributed by atoms with E-state index in [2.05, 4.69) is 20.9 Å². The van der Waals surface area contributed by atoms with Crippen LogP contribution in [0.15, 0.2) is 16.7 Å². The van der Waals surface area contributed by atoms with Gasteiger partial charge in [-0.3, -0.25) is 0 Å². The number of pyridine rings is 1. The van der Waals surface area contributed by atoms with E-state index in [-0.39, 0.29) is 0 Å². The largest absolute Gasteiger partial charge is 0.396 e. The van der Waals surface area contributed by atoms with Crippen LogP contribution in [0.5, 0.6) is 0 Å². The number of nitrogen functional groups attached to an aromatic ring is 1. The van der Waals surface area contributed by atoms with Crippen LogP contribution in [-0.4, -0.2) is 29.3 Å². The van der Waals surface area contributed by atoms with Gasteiger partial charge in [0.25, 0.3) is 0 Å². The summed E-state index contributed by atoms with van der Waals surface area (Å²) in [6.07, 6.45) is 5.67. The van der Waals surface area contributed by atoms with Crippen LogP contribution in [0.25, 0.3) is 0 Å². The summed E-state index contributed by atoms with van der Waals surface area (Å²) < 4.78 is 0.867. The van der Waals surface area contributed by atoms with Crippen LogP contribution in [0.2, 0.25) is 0 Å². The quantitative estimate of drug-likeness (QED) is 0.898. The van der Waals surface area contributed by atoms with Crippen molar-refractivity contribution in [3.8, 4) is 0 Å². The normalized spacial score (nSPS) is 18.3. The second kappa shape index (κ2) is 4.82. The van der Waals surface area contributed by atoms with Crippen LogP contribution in [-0.2, 0) is 0 Å². The Morgan fingerprint density at radius 2 is 2.18 bits per heavy atom. The average molecular weight is 300 g/mol. The molecule has 0 aromatic carbocycles. The summed E-state index contributed by atoms with van der Waals surface area (Å²) in [4.78, 5) is 6.23. The maximum absolute atomic E-state index is 10.3.